The van der Waals surface area contributed by atoms with Gasteiger partial charge in [-0.2, -0.15) is 0 Å². The van der Waals surface area contributed by atoms with Gasteiger partial charge in [0.25, 0.3) is 0 Å². The third kappa shape index (κ3) is 7.28. The Bertz CT molecular complexity index is 936. The van der Waals surface area contributed by atoms with Crippen LogP contribution in [0.25, 0.3) is 0 Å². The Kier molecular flexibility index (Phi) is 8.25. The van der Waals surface area contributed by atoms with Crippen LogP contribution < -0.4 is 5.73 Å². The van der Waals surface area contributed by atoms with Gasteiger partial charge in [0.2, 0.25) is 5.91 Å². The maximum atomic E-state index is 13.1. The normalized spacial score (nSPS) is 14.2. The molecule has 0 aliphatic heterocycles. The molecule has 2 rings (SSSR count). The zero-order valence-corrected chi connectivity index (χ0v) is 19.2. The van der Waals surface area contributed by atoms with E-state index in [0.29, 0.717) is 12.8 Å². The molecular weight excluding hydrogens is 422 g/mol. The fourth-order valence-electron chi connectivity index (χ4n) is 3.19. The number of primary amides is 1. The van der Waals surface area contributed by atoms with E-state index in [9.17, 15) is 18.0 Å². The van der Waals surface area contributed by atoms with E-state index in [1.165, 1.54) is 11.3 Å². The topological polar surface area (TPSA) is 120 Å². The van der Waals surface area contributed by atoms with Gasteiger partial charge in [0, 0.05) is 43.0 Å². The molecule has 0 aliphatic rings. The minimum absolute atomic E-state index is 0.0553. The van der Waals surface area contributed by atoms with Crippen LogP contribution in [0.1, 0.15) is 44.9 Å². The molecule has 1 amide bonds. The maximum Gasteiger partial charge on any atom is 0.218 e. The van der Waals surface area contributed by atoms with Crippen LogP contribution in [0, 0.1) is 11.8 Å². The molecule has 0 saturated heterocycles. The molecule has 0 saturated carbocycles. The van der Waals surface area contributed by atoms with Gasteiger partial charge in [0.1, 0.15) is 5.78 Å². The maximum absolute atomic E-state index is 13.1. The van der Waals surface area contributed by atoms with Crippen molar-refractivity contribution >= 4 is 32.9 Å². The summed E-state index contributed by atoms with van der Waals surface area (Å²) in [5, 5.41) is 1.83. The summed E-state index contributed by atoms with van der Waals surface area (Å²) in [6, 6.07) is 3.63. The van der Waals surface area contributed by atoms with Crippen LogP contribution in [0.5, 0.6) is 0 Å². The summed E-state index contributed by atoms with van der Waals surface area (Å²) in [5.41, 5.74) is 8.68. The molecular formula is C21H29N3O4S2. The zero-order chi connectivity index (χ0) is 22.4. The van der Waals surface area contributed by atoms with E-state index in [0.717, 1.165) is 11.3 Å². The summed E-state index contributed by atoms with van der Waals surface area (Å²) < 4.78 is 24.7. The van der Waals surface area contributed by atoms with Crippen molar-refractivity contribution in [3.8, 4) is 0 Å². The molecule has 2 atom stereocenters. The van der Waals surface area contributed by atoms with E-state index >= 15 is 0 Å². The number of hydrogen-bond acceptors (Lipinski definition) is 7. The van der Waals surface area contributed by atoms with E-state index in [4.69, 9.17) is 5.73 Å². The molecule has 2 N–H and O–H groups in total. The number of amides is 1. The first-order valence-corrected chi connectivity index (χ1v) is 12.4. The quantitative estimate of drug-likeness (QED) is 0.561. The second-order valence-electron chi connectivity index (χ2n) is 8.54. The summed E-state index contributed by atoms with van der Waals surface area (Å²) in [5.74, 6) is -1.84. The molecule has 0 aliphatic carbocycles. The lowest BCUT2D eigenvalue weighted by atomic mass is 9.87. The molecule has 164 valence electrons. The molecule has 0 fully saturated rings. The summed E-state index contributed by atoms with van der Waals surface area (Å²) in [7, 11) is -3.43. The van der Waals surface area contributed by atoms with Crippen LogP contribution in [0.3, 0.4) is 0 Å². The summed E-state index contributed by atoms with van der Waals surface area (Å²) in [6.07, 6.45) is 4.02. The highest BCUT2D eigenvalue weighted by atomic mass is 32.2. The first kappa shape index (κ1) is 24.1. The van der Waals surface area contributed by atoms with E-state index in [-0.39, 0.29) is 24.4 Å². The molecule has 2 aromatic heterocycles. The van der Waals surface area contributed by atoms with Crippen molar-refractivity contribution in [2.24, 2.45) is 17.6 Å². The number of thiazole rings is 1. The van der Waals surface area contributed by atoms with Crippen molar-refractivity contribution < 1.29 is 18.0 Å². The average molecular weight is 452 g/mol. The predicted octanol–water partition coefficient (Wildman–Crippen LogP) is 2.60. The largest absolute Gasteiger partial charge is 0.370 e. The van der Waals surface area contributed by atoms with E-state index in [1.807, 2.05) is 17.5 Å². The van der Waals surface area contributed by atoms with E-state index in [1.54, 1.807) is 38.7 Å². The van der Waals surface area contributed by atoms with Crippen molar-refractivity contribution in [2.45, 2.75) is 51.2 Å². The first-order valence-electron chi connectivity index (χ1n) is 9.77. The molecule has 2 aromatic rings. The lowest BCUT2D eigenvalue weighted by Gasteiger charge is -2.25. The number of rotatable bonds is 11. The van der Waals surface area contributed by atoms with Crippen molar-refractivity contribution in [2.75, 3.05) is 5.75 Å². The monoisotopic (exact) mass is 451 g/mol. The van der Waals surface area contributed by atoms with Gasteiger partial charge in [-0.05, 0) is 50.8 Å². The van der Waals surface area contributed by atoms with Gasteiger partial charge >= 0.3 is 0 Å². The first-order chi connectivity index (χ1) is 14.0. The molecule has 0 bridgehead atoms. The second kappa shape index (κ2) is 10.3. The second-order valence-corrected chi connectivity index (χ2v) is 12.0. The highest BCUT2D eigenvalue weighted by Crippen LogP contribution is 2.25. The van der Waals surface area contributed by atoms with E-state index < -0.39 is 32.3 Å². The summed E-state index contributed by atoms with van der Waals surface area (Å²) in [6.45, 7) is 4.98. The van der Waals surface area contributed by atoms with Gasteiger partial charge in [-0.3, -0.25) is 14.6 Å². The number of carbonyl (C=O) groups is 2. The fraction of sp³-hybridized carbons (Fsp3) is 0.524. The lowest BCUT2D eigenvalue weighted by molar-refractivity contribution is -0.128. The van der Waals surface area contributed by atoms with Crippen LogP contribution in [0.2, 0.25) is 0 Å². The third-order valence-corrected chi connectivity index (χ3v) is 8.41. The molecule has 1 unspecified atom stereocenters. The van der Waals surface area contributed by atoms with Crippen molar-refractivity contribution in [1.82, 2.24) is 9.97 Å². The standard InChI is InChI=1S/C21H29N3O4S2/c1-21(2,3)30(27,28)13-16(8-15-4-6-23-7-5-15)9-19(25)17(11-20(22)26)10-18-12-29-14-24-18/h4-7,12,14,16-17H,8-11,13H2,1-3H3,(H2,22,26)/t16-,17?/m0/s1. The molecule has 0 spiro atoms. The number of pyridine rings is 1. The predicted molar refractivity (Wildman–Crippen MR) is 118 cm³/mol. The van der Waals surface area contributed by atoms with Gasteiger partial charge < -0.3 is 5.73 Å². The van der Waals surface area contributed by atoms with Crippen molar-refractivity contribution in [1.29, 1.82) is 0 Å². The minimum atomic E-state index is -3.43. The SMILES string of the molecule is CC(C)(C)S(=O)(=O)C[C@H](CC(=O)C(CC(N)=O)Cc1cscn1)Cc1ccncc1. The smallest absolute Gasteiger partial charge is 0.218 e. The lowest BCUT2D eigenvalue weighted by Crippen LogP contribution is -2.35. The molecule has 9 heteroatoms. The Morgan fingerprint density at radius 2 is 1.80 bits per heavy atom. The highest BCUT2D eigenvalue weighted by Gasteiger charge is 2.33. The molecule has 0 radical (unpaired) electrons. The third-order valence-electron chi connectivity index (χ3n) is 4.99. The summed E-state index contributed by atoms with van der Waals surface area (Å²) in [4.78, 5) is 32.8. The Labute approximate surface area is 182 Å². The van der Waals surface area contributed by atoms with Crippen LogP contribution in [-0.4, -0.2) is 40.6 Å². The minimum Gasteiger partial charge on any atom is -0.370 e. The Hall–Kier alpha value is -2.13. The van der Waals surface area contributed by atoms with Crippen LogP contribution in [-0.2, 0) is 32.3 Å². The molecule has 2 heterocycles. The van der Waals surface area contributed by atoms with Gasteiger partial charge in [0.15, 0.2) is 9.84 Å². The molecule has 30 heavy (non-hydrogen) atoms. The average Bonchev–Trinajstić information content (AvgIpc) is 3.13. The van der Waals surface area contributed by atoms with Crippen LogP contribution in [0.4, 0.5) is 0 Å². The number of carbonyl (C=O) groups excluding carboxylic acids is 2. The summed E-state index contributed by atoms with van der Waals surface area (Å²) >= 11 is 1.41. The van der Waals surface area contributed by atoms with Gasteiger partial charge in [-0.25, -0.2) is 13.4 Å². The molecule has 0 aromatic carbocycles. The zero-order valence-electron chi connectivity index (χ0n) is 17.6. The van der Waals surface area contributed by atoms with Gasteiger partial charge in [-0.15, -0.1) is 11.3 Å². The number of aromatic nitrogens is 2. The number of Topliss-reactive ketones (excluding diaryl/α,β-unsaturated/α-hetero) is 1. The fourth-order valence-corrected chi connectivity index (χ4v) is 5.11. The van der Waals surface area contributed by atoms with E-state index in [2.05, 4.69) is 9.97 Å². The van der Waals surface area contributed by atoms with Crippen molar-refractivity contribution in [3.05, 3.63) is 46.7 Å². The van der Waals surface area contributed by atoms with Crippen molar-refractivity contribution in [3.63, 3.8) is 0 Å². The number of hydrogen-bond donors (Lipinski definition) is 1. The highest BCUT2D eigenvalue weighted by molar-refractivity contribution is 7.92. The number of nitrogens with two attached hydrogens (primary N) is 1. The van der Waals surface area contributed by atoms with Gasteiger partial charge in [0.05, 0.1) is 21.7 Å². The number of sulfone groups is 1. The Balaban J connectivity index is 2.22. The number of nitrogens with zero attached hydrogens (tertiary/aromatic N) is 2. The molecule has 7 nitrogen and oxygen atoms in total. The Morgan fingerprint density at radius 1 is 1.13 bits per heavy atom. The Morgan fingerprint density at radius 3 is 2.33 bits per heavy atom. The van der Waals surface area contributed by atoms with Crippen LogP contribution in [0.15, 0.2) is 35.4 Å². The van der Waals surface area contributed by atoms with Gasteiger partial charge in [-0.1, -0.05) is 0 Å². The van der Waals surface area contributed by atoms with Crippen LogP contribution >= 0.6 is 11.3 Å². The number of ketones is 1.